The molecule has 0 amide bonds. The van der Waals surface area contributed by atoms with Crippen molar-refractivity contribution in [1.82, 2.24) is 10.0 Å². The van der Waals surface area contributed by atoms with Gasteiger partial charge in [-0.1, -0.05) is 32.9 Å². The molecule has 0 fully saturated rings. The van der Waals surface area contributed by atoms with Crippen molar-refractivity contribution in [2.75, 3.05) is 13.6 Å². The molecular weight excluding hydrogens is 272 g/mol. The van der Waals surface area contributed by atoms with Crippen molar-refractivity contribution >= 4 is 10.0 Å². The van der Waals surface area contributed by atoms with Crippen LogP contribution in [0.3, 0.4) is 0 Å². The Kier molecular flexibility index (Phi) is 5.74. The van der Waals surface area contributed by atoms with E-state index in [1.165, 1.54) is 0 Å². The van der Waals surface area contributed by atoms with Gasteiger partial charge in [-0.25, -0.2) is 13.1 Å². The summed E-state index contributed by atoms with van der Waals surface area (Å²) in [6, 6.07) is 7.19. The van der Waals surface area contributed by atoms with Crippen LogP contribution in [0.5, 0.6) is 0 Å². The molecule has 0 aliphatic rings. The van der Waals surface area contributed by atoms with Gasteiger partial charge in [-0.15, -0.1) is 0 Å². The van der Waals surface area contributed by atoms with Crippen molar-refractivity contribution in [3.63, 3.8) is 0 Å². The normalized spacial score (nSPS) is 14.2. The molecule has 1 aromatic rings. The number of nitrogens with one attached hydrogen (secondary N) is 2. The molecule has 4 nitrogen and oxygen atoms in total. The van der Waals surface area contributed by atoms with Crippen LogP contribution in [0.2, 0.25) is 0 Å². The van der Waals surface area contributed by atoms with E-state index in [0.29, 0.717) is 11.4 Å². The zero-order valence-corrected chi connectivity index (χ0v) is 13.8. The number of benzene rings is 1. The molecule has 0 aliphatic heterocycles. The molecule has 0 radical (unpaired) electrons. The molecule has 0 saturated heterocycles. The summed E-state index contributed by atoms with van der Waals surface area (Å²) in [5.41, 5.74) is 0.924. The maximum absolute atomic E-state index is 12.3. The highest BCUT2D eigenvalue weighted by Gasteiger charge is 2.21. The second kappa shape index (κ2) is 6.70. The summed E-state index contributed by atoms with van der Waals surface area (Å²) in [7, 11) is -1.59. The lowest BCUT2D eigenvalue weighted by atomic mass is 9.91. The first-order chi connectivity index (χ1) is 9.22. The minimum Gasteiger partial charge on any atom is -0.313 e. The lowest BCUT2D eigenvalue weighted by molar-refractivity contribution is 0.350. The Hall–Kier alpha value is -0.910. The molecule has 5 heteroatoms. The van der Waals surface area contributed by atoms with Crippen molar-refractivity contribution in [3.05, 3.63) is 29.8 Å². The topological polar surface area (TPSA) is 58.2 Å². The molecule has 0 saturated carbocycles. The summed E-state index contributed by atoms with van der Waals surface area (Å²) in [4.78, 5) is 0.323. The van der Waals surface area contributed by atoms with Gasteiger partial charge in [0, 0.05) is 12.6 Å². The van der Waals surface area contributed by atoms with E-state index in [4.69, 9.17) is 0 Å². The van der Waals surface area contributed by atoms with E-state index in [1.54, 1.807) is 18.2 Å². The van der Waals surface area contributed by atoms with Gasteiger partial charge in [0.05, 0.1) is 4.90 Å². The van der Waals surface area contributed by atoms with E-state index in [-0.39, 0.29) is 11.5 Å². The summed E-state index contributed by atoms with van der Waals surface area (Å²) in [5, 5.41) is 3.11. The molecule has 0 heterocycles. The number of rotatable bonds is 7. The maximum Gasteiger partial charge on any atom is 0.240 e. The highest BCUT2D eigenvalue weighted by molar-refractivity contribution is 7.89. The van der Waals surface area contributed by atoms with Crippen LogP contribution in [0.4, 0.5) is 0 Å². The van der Waals surface area contributed by atoms with E-state index < -0.39 is 10.0 Å². The van der Waals surface area contributed by atoms with Crippen LogP contribution in [-0.2, 0) is 10.0 Å². The fourth-order valence-corrected chi connectivity index (χ4v) is 2.91. The third-order valence-corrected chi connectivity index (χ3v) is 5.20. The lowest BCUT2D eigenvalue weighted by Gasteiger charge is -2.23. The molecule has 2 N–H and O–H groups in total. The van der Waals surface area contributed by atoms with Crippen molar-refractivity contribution < 1.29 is 8.42 Å². The smallest absolute Gasteiger partial charge is 0.240 e. The Labute approximate surface area is 123 Å². The molecule has 0 aliphatic carbocycles. The number of hydrogen-bond acceptors (Lipinski definition) is 3. The fraction of sp³-hybridized carbons (Fsp3) is 0.600. The molecule has 0 spiro atoms. The van der Waals surface area contributed by atoms with Crippen LogP contribution in [0.25, 0.3) is 0 Å². The zero-order chi connectivity index (χ0) is 15.4. The van der Waals surface area contributed by atoms with Gasteiger partial charge in [0.25, 0.3) is 0 Å². The molecule has 0 bridgehead atoms. The summed E-state index contributed by atoms with van der Waals surface area (Å²) in [6.07, 6.45) is 0.923. The molecule has 1 aromatic carbocycles. The van der Waals surface area contributed by atoms with Crippen LogP contribution in [-0.4, -0.2) is 22.0 Å². The molecular formula is C15H26N2O2S. The minimum atomic E-state index is -3.45. The van der Waals surface area contributed by atoms with Crippen molar-refractivity contribution in [2.45, 2.75) is 45.1 Å². The first-order valence-corrected chi connectivity index (χ1v) is 8.47. The predicted molar refractivity (Wildman–Crippen MR) is 83.2 cm³/mol. The van der Waals surface area contributed by atoms with Crippen LogP contribution < -0.4 is 10.0 Å². The van der Waals surface area contributed by atoms with E-state index in [0.717, 1.165) is 12.0 Å². The molecule has 1 atom stereocenters. The van der Waals surface area contributed by atoms with Gasteiger partial charge in [-0.2, -0.15) is 0 Å². The zero-order valence-electron chi connectivity index (χ0n) is 13.0. The fourth-order valence-electron chi connectivity index (χ4n) is 1.62. The Morgan fingerprint density at radius 3 is 2.50 bits per heavy atom. The summed E-state index contributed by atoms with van der Waals surface area (Å²) >= 11 is 0. The van der Waals surface area contributed by atoms with Gasteiger partial charge in [0.1, 0.15) is 0 Å². The third-order valence-electron chi connectivity index (χ3n) is 3.80. The Balaban J connectivity index is 2.93. The van der Waals surface area contributed by atoms with Crippen molar-refractivity contribution in [3.8, 4) is 0 Å². The molecule has 0 aromatic heterocycles. The lowest BCUT2D eigenvalue weighted by Crippen LogP contribution is -2.33. The summed E-state index contributed by atoms with van der Waals surface area (Å²) in [5.74, 6) is 0. The van der Waals surface area contributed by atoms with Gasteiger partial charge in [-0.05, 0) is 43.5 Å². The second-order valence-corrected chi connectivity index (χ2v) is 7.69. The predicted octanol–water partition coefficient (Wildman–Crippen LogP) is 2.68. The Morgan fingerprint density at radius 1 is 1.30 bits per heavy atom. The first-order valence-electron chi connectivity index (χ1n) is 6.99. The number of sulfonamides is 1. The largest absolute Gasteiger partial charge is 0.313 e. The van der Waals surface area contributed by atoms with E-state index in [1.807, 2.05) is 20.0 Å². The van der Waals surface area contributed by atoms with Crippen LogP contribution in [0.1, 0.15) is 45.7 Å². The van der Waals surface area contributed by atoms with Crippen LogP contribution >= 0.6 is 0 Å². The van der Waals surface area contributed by atoms with Crippen molar-refractivity contribution in [2.24, 2.45) is 5.41 Å². The van der Waals surface area contributed by atoms with E-state index in [2.05, 4.69) is 30.8 Å². The van der Waals surface area contributed by atoms with Crippen LogP contribution in [0.15, 0.2) is 29.2 Å². The molecule has 20 heavy (non-hydrogen) atoms. The van der Waals surface area contributed by atoms with Gasteiger partial charge in [0.2, 0.25) is 10.0 Å². The summed E-state index contributed by atoms with van der Waals surface area (Å²) < 4.78 is 27.4. The standard InChI is InChI=1S/C15H26N2O2S/c1-6-15(3,4)11-17-20(18,19)14-9-7-8-13(10-14)12(2)16-5/h7-10,12,16-17H,6,11H2,1-5H3. The monoisotopic (exact) mass is 298 g/mol. The van der Waals surface area contributed by atoms with E-state index in [9.17, 15) is 8.42 Å². The maximum atomic E-state index is 12.3. The molecule has 1 unspecified atom stereocenters. The van der Waals surface area contributed by atoms with Gasteiger partial charge in [0.15, 0.2) is 0 Å². The average Bonchev–Trinajstić information content (AvgIpc) is 2.45. The second-order valence-electron chi connectivity index (χ2n) is 5.93. The van der Waals surface area contributed by atoms with Crippen molar-refractivity contribution in [1.29, 1.82) is 0 Å². The van der Waals surface area contributed by atoms with Gasteiger partial charge in [-0.3, -0.25) is 0 Å². The number of hydrogen-bond donors (Lipinski definition) is 2. The van der Waals surface area contributed by atoms with Crippen LogP contribution in [0, 0.1) is 5.41 Å². The summed E-state index contributed by atoms with van der Waals surface area (Å²) in [6.45, 7) is 8.60. The quantitative estimate of drug-likeness (QED) is 0.813. The first kappa shape index (κ1) is 17.1. The van der Waals surface area contributed by atoms with Gasteiger partial charge >= 0.3 is 0 Å². The third kappa shape index (κ3) is 4.58. The molecule has 1 rings (SSSR count). The highest BCUT2D eigenvalue weighted by Crippen LogP contribution is 2.21. The Morgan fingerprint density at radius 2 is 1.95 bits per heavy atom. The highest BCUT2D eigenvalue weighted by atomic mass is 32.2. The average molecular weight is 298 g/mol. The van der Waals surface area contributed by atoms with Gasteiger partial charge < -0.3 is 5.32 Å². The Bertz CT molecular complexity index is 539. The van der Waals surface area contributed by atoms with E-state index >= 15 is 0 Å². The molecule has 114 valence electrons. The SMILES string of the molecule is CCC(C)(C)CNS(=O)(=O)c1cccc(C(C)NC)c1. The minimum absolute atomic E-state index is 0.0387.